The number of hydrogen-bond donors (Lipinski definition) is 3. The number of hydrogen-bond acceptors (Lipinski definition) is 3. The monoisotopic (exact) mass is 337 g/mol. The summed E-state index contributed by atoms with van der Waals surface area (Å²) in [6, 6.07) is 18.1. The van der Waals surface area contributed by atoms with Crippen LogP contribution < -0.4 is 10.9 Å². The minimum atomic E-state index is -0.0900. The highest BCUT2D eigenvalue weighted by atomic mass is 32.1. The van der Waals surface area contributed by atoms with Crippen molar-refractivity contribution in [3.63, 3.8) is 0 Å². The van der Waals surface area contributed by atoms with E-state index in [9.17, 15) is 4.79 Å². The maximum Gasteiger partial charge on any atom is 0.275 e. The van der Waals surface area contributed by atoms with Gasteiger partial charge in [-0.15, -0.1) is 0 Å². The molecular formula is C19H19N3OS. The molecule has 0 saturated carbocycles. The van der Waals surface area contributed by atoms with Crippen LogP contribution in [0.5, 0.6) is 0 Å². The quantitative estimate of drug-likeness (QED) is 0.644. The van der Waals surface area contributed by atoms with E-state index in [-0.39, 0.29) is 10.8 Å². The summed E-state index contributed by atoms with van der Waals surface area (Å²) in [5, 5.41) is 6.47. The molecule has 0 spiro atoms. The Kier molecular flexibility index (Phi) is 4.04. The molecule has 4 nitrogen and oxygen atoms in total. The molecule has 122 valence electrons. The Morgan fingerprint density at radius 3 is 2.58 bits per heavy atom. The molecular weight excluding hydrogens is 318 g/mol. The number of rotatable bonds is 3. The zero-order chi connectivity index (χ0) is 16.5. The van der Waals surface area contributed by atoms with Crippen molar-refractivity contribution in [2.75, 3.05) is 6.54 Å². The Bertz CT molecular complexity index is 914. The number of benzene rings is 2. The topological polar surface area (TPSA) is 49.8 Å². The highest BCUT2D eigenvalue weighted by molar-refractivity contribution is 7.80. The summed E-state index contributed by atoms with van der Waals surface area (Å²) in [5.74, 6) is 0. The number of aromatic amines is 1. The zero-order valence-electron chi connectivity index (χ0n) is 13.2. The normalized spacial score (nSPS) is 15.0. The number of thiol groups is 1. The van der Waals surface area contributed by atoms with E-state index in [2.05, 4.69) is 22.5 Å². The van der Waals surface area contributed by atoms with Gasteiger partial charge in [0, 0.05) is 25.2 Å². The lowest BCUT2D eigenvalue weighted by Crippen LogP contribution is -2.27. The Hall–Kier alpha value is -2.24. The van der Waals surface area contributed by atoms with Crippen molar-refractivity contribution in [3.05, 3.63) is 87.3 Å². The van der Waals surface area contributed by atoms with E-state index in [1.807, 2.05) is 42.5 Å². The molecule has 4 rings (SSSR count). The van der Waals surface area contributed by atoms with Gasteiger partial charge < -0.3 is 5.32 Å². The van der Waals surface area contributed by atoms with Crippen molar-refractivity contribution in [2.45, 2.75) is 18.2 Å². The van der Waals surface area contributed by atoms with Crippen LogP contribution in [0.4, 0.5) is 0 Å². The van der Waals surface area contributed by atoms with Gasteiger partial charge in [0.25, 0.3) is 5.56 Å². The Morgan fingerprint density at radius 2 is 1.79 bits per heavy atom. The van der Waals surface area contributed by atoms with Crippen LogP contribution >= 0.6 is 12.6 Å². The van der Waals surface area contributed by atoms with Crippen molar-refractivity contribution >= 4 is 12.6 Å². The fraction of sp³-hybridized carbons (Fsp3) is 0.211. The molecule has 1 aliphatic rings. The lowest BCUT2D eigenvalue weighted by Gasteiger charge is -2.16. The van der Waals surface area contributed by atoms with Crippen molar-refractivity contribution in [1.82, 2.24) is 15.1 Å². The molecule has 2 aromatic carbocycles. The van der Waals surface area contributed by atoms with Crippen LogP contribution in [0, 0.1) is 0 Å². The van der Waals surface area contributed by atoms with Crippen molar-refractivity contribution < 1.29 is 0 Å². The molecule has 0 radical (unpaired) electrons. The van der Waals surface area contributed by atoms with Gasteiger partial charge in [0.15, 0.2) is 0 Å². The predicted octanol–water partition coefficient (Wildman–Crippen LogP) is 2.83. The highest BCUT2D eigenvalue weighted by Gasteiger charge is 2.21. The van der Waals surface area contributed by atoms with E-state index in [0.29, 0.717) is 6.54 Å². The summed E-state index contributed by atoms with van der Waals surface area (Å²) < 4.78 is 1.67. The van der Waals surface area contributed by atoms with Gasteiger partial charge in [0.2, 0.25) is 0 Å². The Morgan fingerprint density at radius 1 is 1.04 bits per heavy atom. The lowest BCUT2D eigenvalue weighted by molar-refractivity contribution is 0.634. The molecule has 0 bridgehead atoms. The van der Waals surface area contributed by atoms with Crippen LogP contribution in [0.2, 0.25) is 0 Å². The van der Waals surface area contributed by atoms with Crippen LogP contribution in [-0.2, 0) is 13.0 Å². The average molecular weight is 337 g/mol. The fourth-order valence-electron chi connectivity index (χ4n) is 3.24. The van der Waals surface area contributed by atoms with Crippen LogP contribution in [0.25, 0.3) is 5.69 Å². The second-order valence-corrected chi connectivity index (χ2v) is 6.52. The van der Waals surface area contributed by atoms with Crippen LogP contribution in [0.15, 0.2) is 59.4 Å². The van der Waals surface area contributed by atoms with Gasteiger partial charge in [-0.25, -0.2) is 4.68 Å². The average Bonchev–Trinajstić information content (AvgIpc) is 2.99. The standard InChI is InChI=1S/C19H19N3OS/c23-19-15-12-20-11-10-16(15)21-22(19)17-9-5-4-8-14(17)18(24)13-6-2-1-3-7-13/h1-9,18,20-21,24H,10-12H2. The van der Waals surface area contributed by atoms with E-state index in [1.54, 1.807) is 4.68 Å². The van der Waals surface area contributed by atoms with E-state index >= 15 is 0 Å². The second-order valence-electron chi connectivity index (χ2n) is 6.01. The molecule has 0 saturated heterocycles. The first-order valence-corrected chi connectivity index (χ1v) is 8.63. The first-order valence-electron chi connectivity index (χ1n) is 8.11. The highest BCUT2D eigenvalue weighted by Crippen LogP contribution is 2.31. The summed E-state index contributed by atoms with van der Waals surface area (Å²) in [4.78, 5) is 12.8. The molecule has 2 N–H and O–H groups in total. The summed E-state index contributed by atoms with van der Waals surface area (Å²) >= 11 is 4.81. The minimum Gasteiger partial charge on any atom is -0.312 e. The van der Waals surface area contributed by atoms with Gasteiger partial charge in [0.05, 0.1) is 16.5 Å². The van der Waals surface area contributed by atoms with Crippen molar-refractivity contribution in [3.8, 4) is 5.69 Å². The molecule has 0 amide bonds. The van der Waals surface area contributed by atoms with Crippen LogP contribution in [-0.4, -0.2) is 16.3 Å². The third-order valence-electron chi connectivity index (χ3n) is 4.51. The summed E-state index contributed by atoms with van der Waals surface area (Å²) in [5.41, 5.74) is 4.88. The summed E-state index contributed by atoms with van der Waals surface area (Å²) in [7, 11) is 0. The molecule has 0 fully saturated rings. The van der Waals surface area contributed by atoms with Crippen molar-refractivity contribution in [2.24, 2.45) is 0 Å². The van der Waals surface area contributed by atoms with E-state index < -0.39 is 0 Å². The smallest absolute Gasteiger partial charge is 0.275 e. The molecule has 0 aliphatic carbocycles. The van der Waals surface area contributed by atoms with Gasteiger partial charge in [-0.05, 0) is 17.2 Å². The van der Waals surface area contributed by atoms with Crippen molar-refractivity contribution in [1.29, 1.82) is 0 Å². The molecule has 1 aromatic heterocycles. The fourth-order valence-corrected chi connectivity index (χ4v) is 3.63. The SMILES string of the molecule is O=c1c2c([nH]n1-c1ccccc1C(S)c1ccccc1)CCNC2. The maximum absolute atomic E-state index is 12.8. The van der Waals surface area contributed by atoms with Crippen LogP contribution in [0.3, 0.4) is 0 Å². The number of para-hydroxylation sites is 1. The lowest BCUT2D eigenvalue weighted by atomic mass is 10.0. The molecule has 1 atom stereocenters. The van der Waals surface area contributed by atoms with Gasteiger partial charge in [-0.3, -0.25) is 9.89 Å². The number of fused-ring (bicyclic) bond motifs is 1. The zero-order valence-corrected chi connectivity index (χ0v) is 14.1. The largest absolute Gasteiger partial charge is 0.312 e. The molecule has 24 heavy (non-hydrogen) atoms. The van der Waals surface area contributed by atoms with Gasteiger partial charge in [0.1, 0.15) is 0 Å². The maximum atomic E-state index is 12.8. The molecule has 3 aromatic rings. The molecule has 5 heteroatoms. The van der Waals surface area contributed by atoms with Gasteiger partial charge in [-0.2, -0.15) is 12.6 Å². The molecule has 1 unspecified atom stereocenters. The van der Waals surface area contributed by atoms with Crippen LogP contribution in [0.1, 0.15) is 27.6 Å². The number of nitrogens with zero attached hydrogens (tertiary/aromatic N) is 1. The second kappa shape index (κ2) is 6.34. The minimum absolute atomic E-state index is 0.0262. The van der Waals surface area contributed by atoms with E-state index in [4.69, 9.17) is 12.6 Å². The Balaban J connectivity index is 1.83. The predicted molar refractivity (Wildman–Crippen MR) is 99.1 cm³/mol. The first-order chi connectivity index (χ1) is 11.8. The van der Waals surface area contributed by atoms with E-state index in [0.717, 1.165) is 41.0 Å². The van der Waals surface area contributed by atoms with E-state index in [1.165, 1.54) is 0 Å². The molecule has 1 aliphatic heterocycles. The van der Waals surface area contributed by atoms with Gasteiger partial charge >= 0.3 is 0 Å². The third kappa shape index (κ3) is 2.60. The third-order valence-corrected chi connectivity index (χ3v) is 5.09. The number of nitrogens with one attached hydrogen (secondary N) is 2. The molecule has 2 heterocycles. The number of aromatic nitrogens is 2. The first kappa shape index (κ1) is 15.3. The van der Waals surface area contributed by atoms with Gasteiger partial charge in [-0.1, -0.05) is 48.5 Å². The summed E-state index contributed by atoms with van der Waals surface area (Å²) in [6.45, 7) is 1.52. The summed E-state index contributed by atoms with van der Waals surface area (Å²) in [6.07, 6.45) is 0.850. The Labute approximate surface area is 145 Å². The number of H-pyrrole nitrogens is 1.